The van der Waals surface area contributed by atoms with Crippen molar-refractivity contribution in [3.05, 3.63) is 73.2 Å². The molecule has 0 unspecified atom stereocenters. The number of hydrogen-bond donors (Lipinski definition) is 3. The average Bonchev–Trinajstić information content (AvgIpc) is 2.88. The molecule has 4 aromatic rings. The molecule has 2 aromatic carbocycles. The smallest absolute Gasteiger partial charge is 0.147 e. The Bertz CT molecular complexity index is 1310. The van der Waals surface area contributed by atoms with E-state index in [9.17, 15) is 9.11 Å². The van der Waals surface area contributed by atoms with Crippen LogP contribution in [0.5, 0.6) is 0 Å². The van der Waals surface area contributed by atoms with E-state index in [0.29, 0.717) is 16.6 Å². The minimum absolute atomic E-state index is 0.424. The molecule has 0 saturated carbocycles. The number of likely N-dealkylation sites (tertiary alicyclic amines) is 1. The first kappa shape index (κ1) is 23.5. The SMILES string of the molecule is CN1CCC(N(C)c2cnc3ccc(-c4cncc(NS(O)(O)c5ccccc5)c4)cc3n2)CC1. The molecule has 9 heteroatoms. The molecule has 8 nitrogen and oxygen atoms in total. The number of nitrogens with one attached hydrogen (secondary N) is 1. The van der Waals surface area contributed by atoms with E-state index in [-0.39, 0.29) is 0 Å². The van der Waals surface area contributed by atoms with Crippen molar-refractivity contribution >= 4 is 33.3 Å². The van der Waals surface area contributed by atoms with Gasteiger partial charge in [0.15, 0.2) is 0 Å². The topological polar surface area (TPSA) is 97.6 Å². The molecular formula is C26H30N6O2S. The summed E-state index contributed by atoms with van der Waals surface area (Å²) in [7, 11) is 1.06. The number of fused-ring (bicyclic) bond motifs is 1. The van der Waals surface area contributed by atoms with E-state index in [1.807, 2.05) is 36.5 Å². The van der Waals surface area contributed by atoms with Gasteiger partial charge in [0, 0.05) is 24.8 Å². The predicted molar refractivity (Wildman–Crippen MR) is 143 cm³/mol. The van der Waals surface area contributed by atoms with Crippen LogP contribution in [0, 0.1) is 0 Å². The minimum Gasteiger partial charge on any atom is -0.355 e. The van der Waals surface area contributed by atoms with Crippen LogP contribution in [0.3, 0.4) is 0 Å². The average molecular weight is 491 g/mol. The van der Waals surface area contributed by atoms with E-state index in [1.54, 1.807) is 36.7 Å². The molecule has 0 amide bonds. The van der Waals surface area contributed by atoms with Crippen LogP contribution in [0.25, 0.3) is 22.2 Å². The van der Waals surface area contributed by atoms with Crippen LogP contribution in [0.15, 0.2) is 78.1 Å². The number of aromatic nitrogens is 3. The second-order valence-corrected chi connectivity index (χ2v) is 10.8. The van der Waals surface area contributed by atoms with E-state index in [1.165, 1.54) is 0 Å². The van der Waals surface area contributed by atoms with Gasteiger partial charge in [-0.1, -0.05) is 35.0 Å². The number of anilines is 2. The van der Waals surface area contributed by atoms with Crippen molar-refractivity contribution in [3.8, 4) is 11.1 Å². The molecule has 0 bridgehead atoms. The molecule has 1 saturated heterocycles. The fourth-order valence-electron chi connectivity index (χ4n) is 4.41. The van der Waals surface area contributed by atoms with Crippen molar-refractivity contribution < 1.29 is 9.11 Å². The first-order valence-electron chi connectivity index (χ1n) is 11.6. The summed E-state index contributed by atoms with van der Waals surface area (Å²) in [4.78, 5) is 18.9. The van der Waals surface area contributed by atoms with E-state index < -0.39 is 10.8 Å². The van der Waals surface area contributed by atoms with Crippen LogP contribution in [0.1, 0.15) is 12.8 Å². The summed E-state index contributed by atoms with van der Waals surface area (Å²) in [6, 6.07) is 17.0. The largest absolute Gasteiger partial charge is 0.355 e. The lowest BCUT2D eigenvalue weighted by atomic mass is 10.0. The van der Waals surface area contributed by atoms with Gasteiger partial charge in [0.25, 0.3) is 0 Å². The fourth-order valence-corrected chi connectivity index (χ4v) is 5.50. The Labute approximate surface area is 207 Å². The van der Waals surface area contributed by atoms with Crippen LogP contribution in [0.4, 0.5) is 11.5 Å². The van der Waals surface area contributed by atoms with Crippen LogP contribution in [0.2, 0.25) is 0 Å². The highest BCUT2D eigenvalue weighted by atomic mass is 32.3. The molecule has 0 aliphatic carbocycles. The molecule has 3 heterocycles. The molecule has 2 aromatic heterocycles. The van der Waals surface area contributed by atoms with E-state index in [4.69, 9.17) is 4.98 Å². The Kier molecular flexibility index (Phi) is 6.57. The third-order valence-electron chi connectivity index (χ3n) is 6.53. The number of rotatable bonds is 6. The Morgan fingerprint density at radius 3 is 2.49 bits per heavy atom. The number of nitrogens with zero attached hydrogens (tertiary/aromatic N) is 5. The lowest BCUT2D eigenvalue weighted by molar-refractivity contribution is 0.252. The number of benzene rings is 2. The van der Waals surface area contributed by atoms with Gasteiger partial charge in [-0.05, 0) is 68.9 Å². The molecule has 182 valence electrons. The highest BCUT2D eigenvalue weighted by Gasteiger charge is 2.22. The van der Waals surface area contributed by atoms with Gasteiger partial charge >= 0.3 is 0 Å². The van der Waals surface area contributed by atoms with Crippen molar-refractivity contribution in [1.29, 1.82) is 0 Å². The molecule has 35 heavy (non-hydrogen) atoms. The number of hydrogen-bond acceptors (Lipinski definition) is 8. The Hall–Kier alpha value is -3.24. The van der Waals surface area contributed by atoms with E-state index in [2.05, 4.69) is 38.6 Å². The van der Waals surface area contributed by atoms with E-state index in [0.717, 1.165) is 53.9 Å². The maximum Gasteiger partial charge on any atom is 0.147 e. The molecule has 1 aliphatic rings. The zero-order valence-electron chi connectivity index (χ0n) is 19.9. The number of piperidine rings is 1. The maximum absolute atomic E-state index is 10.6. The minimum atomic E-state index is -3.20. The summed E-state index contributed by atoms with van der Waals surface area (Å²) in [6.45, 7) is 2.18. The predicted octanol–water partition coefficient (Wildman–Crippen LogP) is 5.36. The molecule has 5 rings (SSSR count). The van der Waals surface area contributed by atoms with Crippen LogP contribution < -0.4 is 9.62 Å². The van der Waals surface area contributed by atoms with Crippen molar-refractivity contribution in [1.82, 2.24) is 19.9 Å². The first-order valence-corrected chi connectivity index (χ1v) is 13.2. The summed E-state index contributed by atoms with van der Waals surface area (Å²) >= 11 is 0. The molecule has 1 aliphatic heterocycles. The van der Waals surface area contributed by atoms with Crippen molar-refractivity contribution in [2.24, 2.45) is 0 Å². The maximum atomic E-state index is 10.6. The molecule has 0 spiro atoms. The normalized spacial score (nSPS) is 15.8. The Balaban J connectivity index is 1.40. The van der Waals surface area contributed by atoms with Gasteiger partial charge in [-0.15, -0.1) is 0 Å². The standard InChI is InChI=1S/C26H30N6O2S/c1-31-12-10-22(11-13-31)32(2)26-18-28-24-9-8-19(15-25(24)29-26)20-14-21(17-27-16-20)30-35(33,34)23-6-4-3-5-7-23/h3-9,14-18,22,30,33-34H,10-13H2,1-2H3. The summed E-state index contributed by atoms with van der Waals surface area (Å²) in [5, 5.41) is 0. The monoisotopic (exact) mass is 490 g/mol. The molecular weight excluding hydrogens is 460 g/mol. The zero-order valence-corrected chi connectivity index (χ0v) is 20.7. The summed E-state index contributed by atoms with van der Waals surface area (Å²) in [6.07, 6.45) is 7.40. The highest BCUT2D eigenvalue weighted by Crippen LogP contribution is 2.47. The van der Waals surface area contributed by atoms with Gasteiger partial charge in [-0.2, -0.15) is 0 Å². The van der Waals surface area contributed by atoms with Crippen molar-refractivity contribution in [3.63, 3.8) is 0 Å². The van der Waals surface area contributed by atoms with Crippen molar-refractivity contribution in [2.75, 3.05) is 36.8 Å². The van der Waals surface area contributed by atoms with E-state index >= 15 is 0 Å². The lowest BCUT2D eigenvalue weighted by Crippen LogP contribution is -2.42. The van der Waals surface area contributed by atoms with Gasteiger partial charge in [0.2, 0.25) is 0 Å². The lowest BCUT2D eigenvalue weighted by Gasteiger charge is -2.35. The zero-order chi connectivity index (χ0) is 24.4. The first-order chi connectivity index (χ1) is 16.9. The van der Waals surface area contributed by atoms with Crippen LogP contribution in [-0.4, -0.2) is 62.2 Å². The van der Waals surface area contributed by atoms with Crippen molar-refractivity contribution in [2.45, 2.75) is 23.8 Å². The van der Waals surface area contributed by atoms with Crippen LogP contribution >= 0.6 is 10.8 Å². The Morgan fingerprint density at radius 2 is 1.71 bits per heavy atom. The van der Waals surface area contributed by atoms with Gasteiger partial charge in [-0.3, -0.25) is 23.8 Å². The number of pyridine rings is 1. The molecule has 1 fully saturated rings. The van der Waals surface area contributed by atoms with Gasteiger partial charge in [0.05, 0.1) is 34.0 Å². The van der Waals surface area contributed by atoms with Crippen LogP contribution in [-0.2, 0) is 0 Å². The van der Waals surface area contributed by atoms with Gasteiger partial charge < -0.3 is 9.80 Å². The summed E-state index contributed by atoms with van der Waals surface area (Å²) in [5.74, 6) is 0.870. The molecule has 0 atom stereocenters. The highest BCUT2D eigenvalue weighted by molar-refractivity contribution is 8.25. The van der Waals surface area contributed by atoms with Gasteiger partial charge in [0.1, 0.15) is 5.82 Å². The fraction of sp³-hybridized carbons (Fsp3) is 0.269. The summed E-state index contributed by atoms with van der Waals surface area (Å²) in [5.41, 5.74) is 3.93. The van der Waals surface area contributed by atoms with Gasteiger partial charge in [-0.25, -0.2) is 4.98 Å². The third-order valence-corrected chi connectivity index (χ3v) is 7.98. The second-order valence-electron chi connectivity index (χ2n) is 9.00. The Morgan fingerprint density at radius 1 is 0.943 bits per heavy atom. The second kappa shape index (κ2) is 9.79. The molecule has 3 N–H and O–H groups in total. The quantitative estimate of drug-likeness (QED) is 0.332. The third kappa shape index (κ3) is 5.23. The molecule has 0 radical (unpaired) electrons. The summed E-state index contributed by atoms with van der Waals surface area (Å²) < 4.78 is 24.1.